The molecule has 2 bridgehead atoms. The summed E-state index contributed by atoms with van der Waals surface area (Å²) in [7, 11) is 0. The van der Waals surface area contributed by atoms with Crippen molar-refractivity contribution in [3.63, 3.8) is 0 Å². The van der Waals surface area contributed by atoms with Crippen LogP contribution in [0.3, 0.4) is 0 Å². The lowest BCUT2D eigenvalue weighted by Crippen LogP contribution is -1.98. The van der Waals surface area contributed by atoms with Gasteiger partial charge in [-0.15, -0.1) is 0 Å². The molecule has 0 atom stereocenters. The number of allylic oxidation sites excluding steroid dienone is 14. The first-order chi connectivity index (χ1) is 25.3. The molecule has 51 heavy (non-hydrogen) atoms. The Morgan fingerprint density at radius 2 is 1.25 bits per heavy atom. The second-order valence-electron chi connectivity index (χ2n) is 14.2. The van der Waals surface area contributed by atoms with E-state index in [0.717, 1.165) is 19.3 Å². The molecular formula is C50H34S. The summed E-state index contributed by atoms with van der Waals surface area (Å²) < 4.78 is 0. The highest BCUT2D eigenvalue weighted by molar-refractivity contribution is 8.03. The Morgan fingerprint density at radius 1 is 0.510 bits per heavy atom. The number of hydrogen-bond donors (Lipinski definition) is 0. The molecule has 11 rings (SSSR count). The van der Waals surface area contributed by atoms with Gasteiger partial charge in [0.2, 0.25) is 0 Å². The monoisotopic (exact) mass is 666 g/mol. The van der Waals surface area contributed by atoms with Gasteiger partial charge in [0, 0.05) is 10.3 Å². The highest BCUT2D eigenvalue weighted by Gasteiger charge is 2.34. The quantitative estimate of drug-likeness (QED) is 0.181. The molecule has 0 amide bonds. The fraction of sp³-hybridized carbons (Fsp3) is 0.0800. The van der Waals surface area contributed by atoms with Gasteiger partial charge in [-0.3, -0.25) is 0 Å². The van der Waals surface area contributed by atoms with Crippen molar-refractivity contribution in [3.05, 3.63) is 191 Å². The first kappa shape index (κ1) is 29.1. The summed E-state index contributed by atoms with van der Waals surface area (Å²) in [6.07, 6.45) is 23.0. The van der Waals surface area contributed by atoms with E-state index in [1.807, 2.05) is 11.8 Å². The summed E-state index contributed by atoms with van der Waals surface area (Å²) in [6.45, 7) is 0. The number of benzene rings is 6. The van der Waals surface area contributed by atoms with Crippen molar-refractivity contribution in [3.8, 4) is 33.4 Å². The van der Waals surface area contributed by atoms with Gasteiger partial charge in [0.25, 0.3) is 0 Å². The van der Waals surface area contributed by atoms with Crippen molar-refractivity contribution in [1.82, 2.24) is 0 Å². The van der Waals surface area contributed by atoms with E-state index in [9.17, 15) is 0 Å². The second-order valence-corrected chi connectivity index (χ2v) is 15.3. The van der Waals surface area contributed by atoms with E-state index in [0.29, 0.717) is 0 Å². The Labute approximate surface area is 303 Å². The van der Waals surface area contributed by atoms with E-state index < -0.39 is 0 Å². The fourth-order valence-corrected chi connectivity index (χ4v) is 10.4. The van der Waals surface area contributed by atoms with Gasteiger partial charge in [-0.05, 0) is 131 Å². The molecule has 1 heterocycles. The molecule has 1 heteroatoms. The van der Waals surface area contributed by atoms with Crippen LogP contribution in [0.1, 0.15) is 42.4 Å². The maximum Gasteiger partial charge on any atom is 0.0204 e. The van der Waals surface area contributed by atoms with Gasteiger partial charge >= 0.3 is 0 Å². The van der Waals surface area contributed by atoms with Gasteiger partial charge in [-0.2, -0.15) is 0 Å². The summed E-state index contributed by atoms with van der Waals surface area (Å²) in [6, 6.07) is 41.1. The van der Waals surface area contributed by atoms with Crippen LogP contribution in [0.2, 0.25) is 0 Å². The van der Waals surface area contributed by atoms with Crippen LogP contribution >= 0.6 is 11.8 Å². The zero-order valence-electron chi connectivity index (χ0n) is 28.2. The van der Waals surface area contributed by atoms with Crippen molar-refractivity contribution >= 4 is 50.0 Å². The number of hydrogen-bond acceptors (Lipinski definition) is 1. The van der Waals surface area contributed by atoms with E-state index >= 15 is 0 Å². The van der Waals surface area contributed by atoms with Gasteiger partial charge < -0.3 is 0 Å². The minimum Gasteiger partial charge on any atom is -0.0932 e. The molecule has 4 aliphatic carbocycles. The third-order valence-corrected chi connectivity index (χ3v) is 12.6. The predicted octanol–water partition coefficient (Wildman–Crippen LogP) is 14.2. The van der Waals surface area contributed by atoms with Crippen molar-refractivity contribution < 1.29 is 0 Å². The van der Waals surface area contributed by atoms with Gasteiger partial charge in [0.05, 0.1) is 0 Å². The first-order valence-corrected chi connectivity index (χ1v) is 19.0. The Morgan fingerprint density at radius 3 is 2.12 bits per heavy atom. The Bertz CT molecular complexity index is 2720. The molecule has 0 fully saturated rings. The summed E-state index contributed by atoms with van der Waals surface area (Å²) in [4.78, 5) is 2.91. The molecule has 0 saturated heterocycles. The average Bonchev–Trinajstić information content (AvgIpc) is 3.50. The molecule has 0 N–H and O–H groups in total. The van der Waals surface area contributed by atoms with Crippen LogP contribution in [0, 0.1) is 0 Å². The second kappa shape index (κ2) is 11.5. The minimum absolute atomic E-state index is 0.944. The van der Waals surface area contributed by atoms with E-state index in [2.05, 4.69) is 158 Å². The number of rotatable bonds is 3. The molecule has 5 aliphatic rings. The third-order valence-electron chi connectivity index (χ3n) is 11.4. The zero-order valence-corrected chi connectivity index (χ0v) is 29.1. The average molecular weight is 667 g/mol. The molecule has 240 valence electrons. The normalized spacial score (nSPS) is 16.9. The topological polar surface area (TPSA) is 0 Å². The summed E-state index contributed by atoms with van der Waals surface area (Å²) in [5.41, 5.74) is 18.8. The van der Waals surface area contributed by atoms with Crippen LogP contribution < -0.4 is 0 Å². The molecule has 1 aliphatic heterocycles. The maximum absolute atomic E-state index is 2.38. The van der Waals surface area contributed by atoms with Crippen molar-refractivity contribution in [2.24, 2.45) is 0 Å². The van der Waals surface area contributed by atoms with Crippen LogP contribution in [0.15, 0.2) is 179 Å². The Kier molecular flexibility index (Phi) is 6.54. The zero-order chi connectivity index (χ0) is 33.5. The molecule has 0 nitrogen and oxygen atoms in total. The van der Waals surface area contributed by atoms with Gasteiger partial charge in [-0.25, -0.2) is 0 Å². The number of thioether (sulfide) groups is 1. The van der Waals surface area contributed by atoms with Crippen molar-refractivity contribution in [2.45, 2.75) is 30.6 Å². The van der Waals surface area contributed by atoms with Gasteiger partial charge in [0.1, 0.15) is 0 Å². The molecule has 0 radical (unpaired) electrons. The third kappa shape index (κ3) is 4.41. The molecular weight excluding hydrogens is 633 g/mol. The lowest BCUT2D eigenvalue weighted by atomic mass is 9.82. The van der Waals surface area contributed by atoms with E-state index in [-0.39, 0.29) is 0 Å². The molecule has 6 aromatic rings. The van der Waals surface area contributed by atoms with Gasteiger partial charge in [-0.1, -0.05) is 163 Å². The Balaban J connectivity index is 1.13. The first-order valence-electron chi connectivity index (χ1n) is 18.2. The highest BCUT2D eigenvalue weighted by atomic mass is 32.2. The summed E-state index contributed by atoms with van der Waals surface area (Å²) in [5.74, 6) is 0. The van der Waals surface area contributed by atoms with Crippen molar-refractivity contribution in [2.75, 3.05) is 0 Å². The maximum atomic E-state index is 2.38. The van der Waals surface area contributed by atoms with Gasteiger partial charge in [0.15, 0.2) is 0 Å². The van der Waals surface area contributed by atoms with Crippen LogP contribution in [0.4, 0.5) is 0 Å². The highest BCUT2D eigenvalue weighted by Crippen LogP contribution is 2.56. The fourth-order valence-electron chi connectivity index (χ4n) is 9.14. The predicted molar refractivity (Wildman–Crippen MR) is 219 cm³/mol. The lowest BCUT2D eigenvalue weighted by Gasteiger charge is -2.23. The standard InChI is InChI=1S/C50H34S/c1-3-14-33(15-4-1)46-39-17-7-8-18-40(39)47(50-42-20-10-13-31-12-9-19-41(49(46)50)43(42)30-31)34-26-24-32(25-27-34)35-28-29-45-48-37(35)21-11-22-38(48)36-16-5-2-6-23-44(36)51-45/h1,3-5,7-22,24-29H,2,6,23,30H2. The van der Waals surface area contributed by atoms with E-state index in [1.54, 1.807) is 0 Å². The summed E-state index contributed by atoms with van der Waals surface area (Å²) >= 11 is 1.99. The van der Waals surface area contributed by atoms with Crippen LogP contribution in [-0.4, -0.2) is 0 Å². The molecule has 0 saturated carbocycles. The van der Waals surface area contributed by atoms with Crippen LogP contribution in [0.5, 0.6) is 0 Å². The molecule has 0 unspecified atom stereocenters. The molecule has 0 aromatic heterocycles. The lowest BCUT2D eigenvalue weighted by molar-refractivity contribution is 0.868. The number of fused-ring (bicyclic) bond motifs is 6. The smallest absolute Gasteiger partial charge is 0.0204 e. The molecule has 6 aromatic carbocycles. The van der Waals surface area contributed by atoms with Crippen LogP contribution in [0.25, 0.3) is 71.6 Å². The van der Waals surface area contributed by atoms with Crippen LogP contribution in [-0.2, 0) is 0 Å². The summed E-state index contributed by atoms with van der Waals surface area (Å²) in [5, 5.41) is 5.34. The molecule has 0 spiro atoms. The largest absolute Gasteiger partial charge is 0.0932 e. The Hall–Kier alpha value is -5.63. The van der Waals surface area contributed by atoms with E-state index in [4.69, 9.17) is 0 Å². The van der Waals surface area contributed by atoms with Crippen molar-refractivity contribution in [1.29, 1.82) is 0 Å². The SMILES string of the molecule is C1=CC2=CC=CC3=C(C2)C(=C1)c1c3c(-c2ccc(-c3ccc4c5c(cccc35)C3=C(CCCC=C3)S4)cc2)c2ccccc2c1-c1ccccc1. The minimum atomic E-state index is 0.944. The van der Waals surface area contributed by atoms with E-state index in [1.165, 1.54) is 116 Å².